The molecule has 29 heavy (non-hydrogen) atoms. The van der Waals surface area contributed by atoms with E-state index in [4.69, 9.17) is 9.84 Å². The minimum atomic E-state index is -1.13. The lowest BCUT2D eigenvalue weighted by Gasteiger charge is -2.10. The van der Waals surface area contributed by atoms with Crippen molar-refractivity contribution in [1.29, 1.82) is 0 Å². The predicted molar refractivity (Wildman–Crippen MR) is 101 cm³/mol. The second-order valence-electron chi connectivity index (χ2n) is 6.26. The largest absolute Gasteiger partial charge is 0.494 e. The molecule has 0 aliphatic rings. The lowest BCUT2D eigenvalue weighted by atomic mass is 10.1. The van der Waals surface area contributed by atoms with E-state index in [-0.39, 0.29) is 28.4 Å². The highest BCUT2D eigenvalue weighted by Gasteiger charge is 2.21. The Kier molecular flexibility index (Phi) is 5.31. The van der Waals surface area contributed by atoms with E-state index < -0.39 is 23.5 Å². The Morgan fingerprint density at radius 1 is 1.17 bits per heavy atom. The van der Waals surface area contributed by atoms with Gasteiger partial charge in [-0.1, -0.05) is 0 Å². The number of anilines is 1. The summed E-state index contributed by atoms with van der Waals surface area (Å²) in [5.74, 6) is -4.16. The molecule has 0 aliphatic carbocycles. The lowest BCUT2D eigenvalue weighted by Crippen LogP contribution is -2.17. The molecular weight excluding hydrogens is 384 g/mol. The van der Waals surface area contributed by atoms with Crippen LogP contribution in [0.2, 0.25) is 0 Å². The van der Waals surface area contributed by atoms with E-state index in [1.54, 1.807) is 6.92 Å². The van der Waals surface area contributed by atoms with Crippen molar-refractivity contribution in [3.63, 3.8) is 0 Å². The molecule has 150 valence electrons. The second-order valence-corrected chi connectivity index (χ2v) is 6.26. The van der Waals surface area contributed by atoms with Gasteiger partial charge in [0, 0.05) is 18.3 Å². The van der Waals surface area contributed by atoms with E-state index in [1.165, 1.54) is 55.3 Å². The van der Waals surface area contributed by atoms with Gasteiger partial charge in [-0.3, -0.25) is 4.79 Å². The smallest absolute Gasteiger partial charge is 0.335 e. The molecule has 3 rings (SSSR count). The summed E-state index contributed by atoms with van der Waals surface area (Å²) in [5, 5.41) is 11.7. The molecule has 0 spiro atoms. The van der Waals surface area contributed by atoms with Crippen LogP contribution in [0.3, 0.4) is 0 Å². The third-order valence-corrected chi connectivity index (χ3v) is 4.45. The molecule has 0 radical (unpaired) electrons. The fourth-order valence-electron chi connectivity index (χ4n) is 2.93. The third kappa shape index (κ3) is 3.66. The molecule has 9 heteroatoms. The summed E-state index contributed by atoms with van der Waals surface area (Å²) in [6.07, 6.45) is 1.26. The highest BCUT2D eigenvalue weighted by atomic mass is 19.2. The number of aryl methyl sites for hydroxylation is 1. The quantitative estimate of drug-likeness (QED) is 0.681. The number of aromatic nitrogens is 2. The number of nitrogens with zero attached hydrogens (tertiary/aromatic N) is 2. The van der Waals surface area contributed by atoms with Crippen LogP contribution >= 0.6 is 0 Å². The summed E-state index contributed by atoms with van der Waals surface area (Å²) in [6.45, 7) is 1.61. The molecule has 0 saturated carbocycles. The Bertz CT molecular complexity index is 1130. The number of hydrogen-bond donors (Lipinski definition) is 2. The van der Waals surface area contributed by atoms with E-state index >= 15 is 0 Å². The van der Waals surface area contributed by atoms with E-state index in [2.05, 4.69) is 10.3 Å². The Morgan fingerprint density at radius 3 is 2.52 bits per heavy atom. The SMILES string of the molecule is COc1ccc(-c2cnc(C(=O)Nc3ccc(C(=O)O)c(C)c3)n2C)c(F)c1F. The molecule has 3 aromatic rings. The Morgan fingerprint density at radius 2 is 1.90 bits per heavy atom. The number of carbonyl (C=O) groups excluding carboxylic acids is 1. The van der Waals surface area contributed by atoms with E-state index in [0.29, 0.717) is 11.3 Å². The van der Waals surface area contributed by atoms with Gasteiger partial charge in [-0.25, -0.2) is 14.2 Å². The third-order valence-electron chi connectivity index (χ3n) is 4.45. The van der Waals surface area contributed by atoms with Gasteiger partial charge >= 0.3 is 5.97 Å². The Hall–Kier alpha value is -3.75. The van der Waals surface area contributed by atoms with Crippen LogP contribution in [0.15, 0.2) is 36.5 Å². The lowest BCUT2D eigenvalue weighted by molar-refractivity contribution is 0.0696. The molecule has 1 aromatic heterocycles. The highest BCUT2D eigenvalue weighted by Crippen LogP contribution is 2.30. The molecular formula is C20H17F2N3O4. The Balaban J connectivity index is 1.90. The van der Waals surface area contributed by atoms with Crippen LogP contribution in [0.4, 0.5) is 14.5 Å². The number of methoxy groups -OCH3 is 1. The van der Waals surface area contributed by atoms with Gasteiger partial charge in [-0.2, -0.15) is 4.39 Å². The number of aromatic carboxylic acids is 1. The molecule has 0 fully saturated rings. The van der Waals surface area contributed by atoms with Gasteiger partial charge in [-0.05, 0) is 42.8 Å². The first-order chi connectivity index (χ1) is 13.7. The number of halogens is 2. The molecule has 2 aromatic carbocycles. The van der Waals surface area contributed by atoms with Crippen LogP contribution in [0.5, 0.6) is 5.75 Å². The van der Waals surface area contributed by atoms with Crippen LogP contribution in [0.1, 0.15) is 26.5 Å². The van der Waals surface area contributed by atoms with Crippen LogP contribution < -0.4 is 10.1 Å². The van der Waals surface area contributed by atoms with Gasteiger partial charge in [-0.15, -0.1) is 0 Å². The predicted octanol–water partition coefficient (Wildman–Crippen LogP) is 3.63. The van der Waals surface area contributed by atoms with Crippen LogP contribution in [-0.2, 0) is 7.05 Å². The monoisotopic (exact) mass is 401 g/mol. The second kappa shape index (κ2) is 7.70. The fraction of sp³-hybridized carbons (Fsp3) is 0.150. The molecule has 2 N–H and O–H groups in total. The standard InChI is InChI=1S/C20H17F2N3O4/c1-10-8-11(4-5-12(10)20(27)28)24-19(26)18-23-9-14(25(18)2)13-6-7-15(29-3)17(22)16(13)21/h4-9H,1-3H3,(H,24,26)(H,27,28). The summed E-state index contributed by atoms with van der Waals surface area (Å²) in [4.78, 5) is 27.7. The molecule has 7 nitrogen and oxygen atoms in total. The first-order valence-corrected chi connectivity index (χ1v) is 8.44. The van der Waals surface area contributed by atoms with Crippen LogP contribution in [-0.4, -0.2) is 33.6 Å². The van der Waals surface area contributed by atoms with E-state index in [9.17, 15) is 18.4 Å². The van der Waals surface area contributed by atoms with Crippen LogP contribution in [0.25, 0.3) is 11.3 Å². The van der Waals surface area contributed by atoms with Crippen molar-refractivity contribution in [1.82, 2.24) is 9.55 Å². The van der Waals surface area contributed by atoms with Gasteiger partial charge in [0.05, 0.1) is 24.6 Å². The summed E-state index contributed by atoms with van der Waals surface area (Å²) < 4.78 is 34.5. The zero-order valence-electron chi connectivity index (χ0n) is 15.8. The maximum absolute atomic E-state index is 14.4. The average molecular weight is 401 g/mol. The van der Waals surface area contributed by atoms with Crippen molar-refractivity contribution < 1.29 is 28.2 Å². The van der Waals surface area contributed by atoms with Gasteiger partial charge in [0.25, 0.3) is 5.91 Å². The molecule has 0 atom stereocenters. The minimum Gasteiger partial charge on any atom is -0.494 e. The minimum absolute atomic E-state index is 0.0319. The summed E-state index contributed by atoms with van der Waals surface area (Å²) >= 11 is 0. The molecule has 0 bridgehead atoms. The highest BCUT2D eigenvalue weighted by molar-refractivity contribution is 6.02. The number of carboxylic acids is 1. The van der Waals surface area contributed by atoms with Crippen molar-refractivity contribution in [3.05, 3.63) is 65.1 Å². The maximum Gasteiger partial charge on any atom is 0.335 e. The van der Waals surface area contributed by atoms with Crippen molar-refractivity contribution >= 4 is 17.6 Å². The van der Waals surface area contributed by atoms with Crippen molar-refractivity contribution in [2.75, 3.05) is 12.4 Å². The summed E-state index contributed by atoms with van der Waals surface area (Å²) in [7, 11) is 2.73. The molecule has 1 amide bonds. The molecule has 0 unspecified atom stereocenters. The topological polar surface area (TPSA) is 93.4 Å². The zero-order valence-corrected chi connectivity index (χ0v) is 15.8. The number of ether oxygens (including phenoxy) is 1. The van der Waals surface area contributed by atoms with E-state index in [1.807, 2.05) is 0 Å². The number of rotatable bonds is 5. The van der Waals surface area contributed by atoms with Crippen molar-refractivity contribution in [2.45, 2.75) is 6.92 Å². The van der Waals surface area contributed by atoms with Crippen molar-refractivity contribution in [3.8, 4) is 17.0 Å². The number of carbonyl (C=O) groups is 2. The maximum atomic E-state index is 14.4. The van der Waals surface area contributed by atoms with Crippen molar-refractivity contribution in [2.24, 2.45) is 7.05 Å². The number of nitrogens with one attached hydrogen (secondary N) is 1. The van der Waals surface area contributed by atoms with Gasteiger partial charge in [0.15, 0.2) is 17.4 Å². The van der Waals surface area contributed by atoms with Gasteiger partial charge in [0.1, 0.15) is 0 Å². The van der Waals surface area contributed by atoms with Gasteiger partial charge in [0.2, 0.25) is 5.82 Å². The zero-order chi connectivity index (χ0) is 21.3. The molecule has 1 heterocycles. The first-order valence-electron chi connectivity index (χ1n) is 8.44. The normalized spacial score (nSPS) is 10.7. The number of amides is 1. The summed E-state index contributed by atoms with van der Waals surface area (Å²) in [6, 6.07) is 6.98. The first kappa shape index (κ1) is 20.0. The number of hydrogen-bond acceptors (Lipinski definition) is 4. The fourth-order valence-corrected chi connectivity index (χ4v) is 2.93. The summed E-state index contributed by atoms with van der Waals surface area (Å²) in [5.41, 5.74) is 1.11. The Labute approximate surface area is 164 Å². The number of benzene rings is 2. The number of imidazole rings is 1. The van der Waals surface area contributed by atoms with Crippen LogP contribution in [0, 0.1) is 18.6 Å². The van der Waals surface area contributed by atoms with E-state index in [0.717, 1.165) is 0 Å². The molecule has 0 saturated heterocycles. The average Bonchev–Trinajstić information content (AvgIpc) is 3.05. The number of carboxylic acid groups (broad SMARTS) is 1. The molecule has 0 aliphatic heterocycles. The van der Waals surface area contributed by atoms with Gasteiger partial charge < -0.3 is 19.7 Å².